The van der Waals surface area contributed by atoms with Crippen LogP contribution >= 0.6 is 7.60 Å². The first-order valence-electron chi connectivity index (χ1n) is 13.9. The maximum absolute atomic E-state index is 13.0. The number of aliphatic carboxylic acids is 1. The van der Waals surface area contributed by atoms with Gasteiger partial charge in [-0.1, -0.05) is 107 Å². The number of allylic oxidation sites excluding steroid dienone is 2. The van der Waals surface area contributed by atoms with Crippen molar-refractivity contribution in [1.82, 2.24) is 5.32 Å². The third-order valence-corrected chi connectivity index (χ3v) is 8.19. The molecule has 2 atom stereocenters. The topological polar surface area (TPSA) is 95.9 Å². The molecule has 1 aromatic carbocycles. The number of carboxylic acids is 1. The van der Waals surface area contributed by atoms with Gasteiger partial charge in [0.1, 0.15) is 5.78 Å². The van der Waals surface area contributed by atoms with E-state index in [0.29, 0.717) is 12.1 Å². The van der Waals surface area contributed by atoms with Crippen LogP contribution in [0.15, 0.2) is 42.5 Å². The summed E-state index contributed by atoms with van der Waals surface area (Å²) in [6, 6.07) is 8.90. The lowest BCUT2D eigenvalue weighted by Crippen LogP contribution is -2.35. The first-order chi connectivity index (χ1) is 17.2. The van der Waals surface area contributed by atoms with Gasteiger partial charge in [0.15, 0.2) is 5.60 Å². The van der Waals surface area contributed by atoms with Gasteiger partial charge >= 0.3 is 13.6 Å². The lowest BCUT2D eigenvalue weighted by atomic mass is 10.1. The molecular weight excluding hydrogens is 473 g/mol. The molecule has 6 nitrogen and oxygen atoms in total. The van der Waals surface area contributed by atoms with Gasteiger partial charge in [0.25, 0.3) is 0 Å². The van der Waals surface area contributed by atoms with Gasteiger partial charge in [0.05, 0.1) is 0 Å². The molecule has 0 bridgehead atoms. The number of rotatable bonds is 22. The molecule has 1 aromatic rings. The fourth-order valence-corrected chi connectivity index (χ4v) is 5.83. The van der Waals surface area contributed by atoms with Crippen LogP contribution in [0.5, 0.6) is 0 Å². The third kappa shape index (κ3) is 14.3. The third-order valence-electron chi connectivity index (χ3n) is 6.34. The summed E-state index contributed by atoms with van der Waals surface area (Å²) >= 11 is 0. The Morgan fingerprint density at radius 2 is 1.42 bits per heavy atom. The van der Waals surface area contributed by atoms with Crippen LogP contribution in [0.4, 0.5) is 0 Å². The van der Waals surface area contributed by atoms with Crippen LogP contribution in [-0.2, 0) is 13.9 Å². The largest absolute Gasteiger partial charge is 0.479 e. The second-order valence-electron chi connectivity index (χ2n) is 10.2. The summed E-state index contributed by atoms with van der Waals surface area (Å²) in [5.74, 6) is -2.25. The Bertz CT molecular complexity index is 781. The van der Waals surface area contributed by atoms with Gasteiger partial charge in [-0.25, -0.2) is 4.79 Å². The van der Waals surface area contributed by atoms with Gasteiger partial charge in [-0.05, 0) is 58.1 Å². The highest BCUT2D eigenvalue weighted by Crippen LogP contribution is 2.57. The van der Waals surface area contributed by atoms with Gasteiger partial charge in [0, 0.05) is 0 Å². The summed E-state index contributed by atoms with van der Waals surface area (Å²) in [4.78, 5) is 22.1. The molecule has 7 heteroatoms. The maximum atomic E-state index is 13.0. The van der Waals surface area contributed by atoms with Gasteiger partial charge in [-0.3, -0.25) is 14.4 Å². The van der Waals surface area contributed by atoms with Gasteiger partial charge in [-0.15, -0.1) is 0 Å². The molecular formula is C29H50NO5P. The number of nitrogens with one attached hydrogen (secondary N) is 1. The van der Waals surface area contributed by atoms with Gasteiger partial charge < -0.3 is 10.00 Å². The molecule has 0 saturated heterocycles. The minimum atomic E-state index is -4.29. The predicted molar refractivity (Wildman–Crippen MR) is 149 cm³/mol. The van der Waals surface area contributed by atoms with E-state index >= 15 is 0 Å². The Morgan fingerprint density at radius 1 is 0.917 bits per heavy atom. The molecule has 0 amide bonds. The standard InChI is InChI=1S/C29H50NO5P/c1-4-5-6-7-8-9-10-11-12-13-14-15-16-17-18-22-25-30-27(26-23-20-19-21-24-26)36(33,34)35-29(2,3)28(31)32/h11-12,19-21,23-24,27,30H,4-10,13-18,22,25H2,1-3H3,(H,31,32)(H,33,34)/b12-11+. The van der Waals surface area contributed by atoms with E-state index in [1.807, 2.05) is 6.07 Å². The first kappa shape index (κ1) is 32.6. The van der Waals surface area contributed by atoms with Crippen molar-refractivity contribution < 1.29 is 23.9 Å². The van der Waals surface area contributed by atoms with E-state index < -0.39 is 24.9 Å². The van der Waals surface area contributed by atoms with Gasteiger partial charge in [-0.2, -0.15) is 0 Å². The summed E-state index contributed by atoms with van der Waals surface area (Å²) in [6.07, 6.45) is 21.9. The molecule has 0 fully saturated rings. The van der Waals surface area contributed by atoms with Crippen molar-refractivity contribution in [3.05, 3.63) is 48.0 Å². The number of carboxylic acid groups (broad SMARTS) is 1. The lowest BCUT2D eigenvalue weighted by Gasteiger charge is -2.29. The molecule has 0 spiro atoms. The SMILES string of the molecule is CCCCCCCC/C=C/CCCCCCCCNC(c1ccccc1)P(=O)(O)OC(C)(C)C(=O)O. The zero-order chi connectivity index (χ0) is 26.7. The van der Waals surface area contributed by atoms with Crippen LogP contribution < -0.4 is 5.32 Å². The molecule has 206 valence electrons. The summed E-state index contributed by atoms with van der Waals surface area (Å²) in [6.45, 7) is 5.38. The van der Waals surface area contributed by atoms with Crippen LogP contribution in [0.2, 0.25) is 0 Å². The fourth-order valence-electron chi connectivity index (χ4n) is 4.09. The lowest BCUT2D eigenvalue weighted by molar-refractivity contribution is -0.152. The molecule has 36 heavy (non-hydrogen) atoms. The average Bonchev–Trinajstić information content (AvgIpc) is 2.83. The summed E-state index contributed by atoms with van der Waals surface area (Å²) in [7, 11) is -4.29. The molecule has 0 heterocycles. The zero-order valence-corrected chi connectivity index (χ0v) is 23.7. The number of hydrogen-bond donors (Lipinski definition) is 3. The van der Waals surface area contributed by atoms with Crippen LogP contribution in [0, 0.1) is 0 Å². The van der Waals surface area contributed by atoms with Crippen molar-refractivity contribution in [3.8, 4) is 0 Å². The highest BCUT2D eigenvalue weighted by molar-refractivity contribution is 7.53. The van der Waals surface area contributed by atoms with Crippen LogP contribution in [0.25, 0.3) is 0 Å². The second kappa shape index (κ2) is 18.7. The van der Waals surface area contributed by atoms with E-state index in [2.05, 4.69) is 24.4 Å². The number of unbranched alkanes of at least 4 members (excludes halogenated alkanes) is 12. The van der Waals surface area contributed by atoms with E-state index in [4.69, 9.17) is 4.52 Å². The van der Waals surface area contributed by atoms with Crippen molar-refractivity contribution >= 4 is 13.6 Å². The van der Waals surface area contributed by atoms with E-state index in [0.717, 1.165) is 25.7 Å². The molecule has 0 saturated carbocycles. The van der Waals surface area contributed by atoms with Crippen molar-refractivity contribution in [1.29, 1.82) is 0 Å². The van der Waals surface area contributed by atoms with Crippen molar-refractivity contribution in [3.63, 3.8) is 0 Å². The van der Waals surface area contributed by atoms with Gasteiger partial charge in [0.2, 0.25) is 0 Å². The Balaban J connectivity index is 2.25. The first-order valence-corrected chi connectivity index (χ1v) is 15.6. The Kier molecular flexibility index (Phi) is 16.9. The summed E-state index contributed by atoms with van der Waals surface area (Å²) in [5.41, 5.74) is -1.16. The Labute approximate surface area is 219 Å². The van der Waals surface area contributed by atoms with E-state index in [9.17, 15) is 19.4 Å². The van der Waals surface area contributed by atoms with Crippen LogP contribution in [0.1, 0.15) is 122 Å². The molecule has 0 aliphatic heterocycles. The maximum Gasteiger partial charge on any atom is 0.350 e. The Hall–Kier alpha value is -1.46. The molecule has 2 unspecified atom stereocenters. The molecule has 0 radical (unpaired) electrons. The quantitative estimate of drug-likeness (QED) is 0.0802. The molecule has 0 aliphatic rings. The van der Waals surface area contributed by atoms with Crippen LogP contribution in [-0.4, -0.2) is 28.1 Å². The van der Waals surface area contributed by atoms with Crippen molar-refractivity contribution in [2.24, 2.45) is 0 Å². The molecule has 0 aliphatic carbocycles. The number of hydrogen-bond acceptors (Lipinski definition) is 4. The minimum Gasteiger partial charge on any atom is -0.479 e. The van der Waals surface area contributed by atoms with E-state index in [1.165, 1.54) is 78.1 Å². The number of benzene rings is 1. The minimum absolute atomic E-state index is 0.558. The highest BCUT2D eigenvalue weighted by Gasteiger charge is 2.42. The van der Waals surface area contributed by atoms with Crippen molar-refractivity contribution in [2.75, 3.05) is 6.54 Å². The Morgan fingerprint density at radius 3 is 1.94 bits per heavy atom. The monoisotopic (exact) mass is 523 g/mol. The number of carbonyl (C=O) groups is 1. The van der Waals surface area contributed by atoms with Crippen molar-refractivity contribution in [2.45, 2.75) is 122 Å². The van der Waals surface area contributed by atoms with Crippen LogP contribution in [0.3, 0.4) is 0 Å². The average molecular weight is 524 g/mol. The van der Waals surface area contributed by atoms with E-state index in [1.54, 1.807) is 24.3 Å². The smallest absolute Gasteiger partial charge is 0.350 e. The summed E-state index contributed by atoms with van der Waals surface area (Å²) < 4.78 is 18.3. The van der Waals surface area contributed by atoms with E-state index in [-0.39, 0.29) is 0 Å². The fraction of sp³-hybridized carbons (Fsp3) is 0.690. The molecule has 1 rings (SSSR count). The second-order valence-corrected chi connectivity index (χ2v) is 12.0. The summed E-state index contributed by atoms with van der Waals surface area (Å²) in [5, 5.41) is 12.5. The zero-order valence-electron chi connectivity index (χ0n) is 22.8. The molecule has 0 aromatic heterocycles. The highest BCUT2D eigenvalue weighted by atomic mass is 31.2. The normalized spacial score (nSPS) is 14.7. The molecule has 3 N–H and O–H groups in total. The predicted octanol–water partition coefficient (Wildman–Crippen LogP) is 8.38.